The van der Waals surface area contributed by atoms with Gasteiger partial charge < -0.3 is 37.6 Å². The van der Waals surface area contributed by atoms with Gasteiger partial charge >= 0.3 is 11.9 Å². The molecule has 0 radical (unpaired) electrons. The minimum Gasteiger partial charge on any atom is -0.481 e. The first-order valence-electron chi connectivity index (χ1n) is 11.7. The molecule has 0 spiro atoms. The molecule has 204 valence electrons. The van der Waals surface area contributed by atoms with Crippen LogP contribution in [0.3, 0.4) is 0 Å². The van der Waals surface area contributed by atoms with E-state index in [0.717, 1.165) is 5.56 Å². The van der Waals surface area contributed by atoms with Crippen LogP contribution in [0.4, 0.5) is 0 Å². The predicted molar refractivity (Wildman–Crippen MR) is 132 cm³/mol. The van der Waals surface area contributed by atoms with Crippen LogP contribution >= 0.6 is 0 Å². The van der Waals surface area contributed by atoms with Crippen LogP contribution in [-0.2, 0) is 35.2 Å². The van der Waals surface area contributed by atoms with Gasteiger partial charge in [-0.05, 0) is 30.7 Å². The molecule has 0 saturated heterocycles. The summed E-state index contributed by atoms with van der Waals surface area (Å²) in [5.74, 6) is -6.22. The maximum atomic E-state index is 13.0. The molecule has 0 aliphatic rings. The zero-order valence-corrected chi connectivity index (χ0v) is 20.8. The van der Waals surface area contributed by atoms with Gasteiger partial charge in [0, 0.05) is 6.42 Å². The third kappa shape index (κ3) is 12.0. The van der Waals surface area contributed by atoms with Crippen molar-refractivity contribution in [1.29, 1.82) is 0 Å². The Labute approximate surface area is 214 Å². The Kier molecular flexibility index (Phi) is 12.7. The van der Waals surface area contributed by atoms with Crippen molar-refractivity contribution >= 4 is 35.6 Å². The second-order valence-corrected chi connectivity index (χ2v) is 9.05. The first kappa shape index (κ1) is 31.0. The lowest BCUT2D eigenvalue weighted by atomic mass is 10.0. The van der Waals surface area contributed by atoms with Gasteiger partial charge in [-0.2, -0.15) is 0 Å². The molecule has 0 aliphatic carbocycles. The van der Waals surface area contributed by atoms with E-state index in [4.69, 9.17) is 16.6 Å². The number of carbonyl (C=O) groups is 6. The first-order chi connectivity index (χ1) is 17.3. The molecule has 0 aliphatic heterocycles. The highest BCUT2D eigenvalue weighted by Gasteiger charge is 2.31. The Bertz CT molecular complexity index is 969. The van der Waals surface area contributed by atoms with Crippen LogP contribution in [0.15, 0.2) is 30.3 Å². The molecule has 0 fully saturated rings. The van der Waals surface area contributed by atoms with Gasteiger partial charge in [-0.3, -0.25) is 24.0 Å². The van der Waals surface area contributed by atoms with E-state index in [1.54, 1.807) is 44.2 Å². The smallest absolute Gasteiger partial charge is 0.326 e. The van der Waals surface area contributed by atoms with Crippen molar-refractivity contribution in [3.05, 3.63) is 35.9 Å². The fourth-order valence-corrected chi connectivity index (χ4v) is 3.42. The third-order valence-corrected chi connectivity index (χ3v) is 5.28. The fourth-order valence-electron chi connectivity index (χ4n) is 3.42. The Balaban J connectivity index is 3.00. The van der Waals surface area contributed by atoms with E-state index in [0.29, 0.717) is 0 Å². The first-order valence-corrected chi connectivity index (χ1v) is 11.7. The Morgan fingerprint density at radius 1 is 0.838 bits per heavy atom. The highest BCUT2D eigenvalue weighted by Crippen LogP contribution is 2.08. The summed E-state index contributed by atoms with van der Waals surface area (Å²) in [7, 11) is 0. The number of benzene rings is 1. The monoisotopic (exact) mass is 521 g/mol. The molecule has 0 heterocycles. The summed E-state index contributed by atoms with van der Waals surface area (Å²) in [5, 5.41) is 25.4. The second kappa shape index (κ2) is 15.2. The lowest BCUT2D eigenvalue weighted by Crippen LogP contribution is -2.58. The number of carboxylic acids is 2. The molecule has 1 aromatic rings. The molecule has 0 aromatic heterocycles. The van der Waals surface area contributed by atoms with Crippen LogP contribution in [0, 0.1) is 5.92 Å². The van der Waals surface area contributed by atoms with E-state index in [1.807, 2.05) is 0 Å². The van der Waals surface area contributed by atoms with Crippen molar-refractivity contribution in [3.8, 4) is 0 Å². The van der Waals surface area contributed by atoms with Gasteiger partial charge in [0.15, 0.2) is 0 Å². The molecule has 1 rings (SSSR count). The van der Waals surface area contributed by atoms with Crippen molar-refractivity contribution in [3.63, 3.8) is 0 Å². The van der Waals surface area contributed by atoms with Gasteiger partial charge in [-0.15, -0.1) is 0 Å². The van der Waals surface area contributed by atoms with E-state index in [1.165, 1.54) is 0 Å². The third-order valence-electron chi connectivity index (χ3n) is 5.28. The van der Waals surface area contributed by atoms with Crippen LogP contribution in [0.5, 0.6) is 0 Å². The molecule has 13 heteroatoms. The maximum Gasteiger partial charge on any atom is 0.326 e. The maximum absolute atomic E-state index is 13.0. The number of nitrogens with two attached hydrogens (primary N) is 2. The topological polar surface area (TPSA) is 231 Å². The average Bonchev–Trinajstić information content (AvgIpc) is 2.80. The van der Waals surface area contributed by atoms with Crippen molar-refractivity contribution in [2.45, 2.75) is 70.1 Å². The van der Waals surface area contributed by atoms with Gasteiger partial charge in [-0.1, -0.05) is 44.2 Å². The SMILES string of the molecule is CC(C)CC(NC(=O)C(CC(N)=O)NC(=O)C(CCC(=O)O)NC(=O)C(N)Cc1ccccc1)C(=O)O. The molecule has 0 bridgehead atoms. The molecule has 0 saturated carbocycles. The molecular weight excluding hydrogens is 486 g/mol. The molecule has 4 amide bonds. The standard InChI is InChI=1S/C24H35N5O8/c1-13(2)10-18(24(36)37)29-23(35)17(12-19(26)30)28-22(34)16(8-9-20(31)32)27-21(33)15(25)11-14-6-4-3-5-7-14/h3-7,13,15-18H,8-12,25H2,1-2H3,(H2,26,30)(H,27,33)(H,28,34)(H,29,35)(H,31,32)(H,36,37). The van der Waals surface area contributed by atoms with E-state index < -0.39 is 72.6 Å². The second-order valence-electron chi connectivity index (χ2n) is 9.05. The predicted octanol–water partition coefficient (Wildman–Crippen LogP) is -1.12. The zero-order valence-electron chi connectivity index (χ0n) is 20.8. The number of carboxylic acid groups (broad SMARTS) is 2. The average molecular weight is 522 g/mol. The number of hydrogen-bond donors (Lipinski definition) is 7. The number of amides is 4. The molecule has 37 heavy (non-hydrogen) atoms. The normalized spacial score (nSPS) is 14.1. The number of hydrogen-bond acceptors (Lipinski definition) is 7. The highest BCUT2D eigenvalue weighted by molar-refractivity contribution is 5.96. The van der Waals surface area contributed by atoms with Crippen LogP contribution in [0.25, 0.3) is 0 Å². The van der Waals surface area contributed by atoms with Crippen molar-refractivity contribution in [2.24, 2.45) is 17.4 Å². The minimum atomic E-state index is -1.55. The lowest BCUT2D eigenvalue weighted by Gasteiger charge is -2.25. The lowest BCUT2D eigenvalue weighted by molar-refractivity contribution is -0.143. The van der Waals surface area contributed by atoms with Crippen LogP contribution in [-0.4, -0.2) is 69.9 Å². The fraction of sp³-hybridized carbons (Fsp3) is 0.500. The number of carbonyl (C=O) groups excluding carboxylic acids is 4. The summed E-state index contributed by atoms with van der Waals surface area (Å²) in [6.45, 7) is 3.51. The van der Waals surface area contributed by atoms with E-state index >= 15 is 0 Å². The summed E-state index contributed by atoms with van der Waals surface area (Å²) in [6, 6.07) is 3.56. The molecule has 9 N–H and O–H groups in total. The van der Waals surface area contributed by atoms with Gasteiger partial charge in [-0.25, -0.2) is 4.79 Å². The van der Waals surface area contributed by atoms with Crippen molar-refractivity contribution < 1.29 is 39.0 Å². The van der Waals surface area contributed by atoms with Gasteiger partial charge in [0.25, 0.3) is 0 Å². The van der Waals surface area contributed by atoms with Crippen LogP contribution in [0.2, 0.25) is 0 Å². The number of primary amides is 1. The van der Waals surface area contributed by atoms with Crippen molar-refractivity contribution in [1.82, 2.24) is 16.0 Å². The minimum absolute atomic E-state index is 0.0821. The van der Waals surface area contributed by atoms with Crippen LogP contribution in [0.1, 0.15) is 45.1 Å². The van der Waals surface area contributed by atoms with Gasteiger partial charge in [0.1, 0.15) is 18.1 Å². The van der Waals surface area contributed by atoms with Crippen molar-refractivity contribution in [2.75, 3.05) is 0 Å². The van der Waals surface area contributed by atoms with E-state index in [9.17, 15) is 33.9 Å². The van der Waals surface area contributed by atoms with E-state index in [2.05, 4.69) is 16.0 Å². The number of nitrogens with one attached hydrogen (secondary N) is 3. The summed E-state index contributed by atoms with van der Waals surface area (Å²) in [5.41, 5.74) is 11.9. The Morgan fingerprint density at radius 3 is 1.89 bits per heavy atom. The van der Waals surface area contributed by atoms with E-state index in [-0.39, 0.29) is 25.2 Å². The van der Waals surface area contributed by atoms with Crippen LogP contribution < -0.4 is 27.4 Å². The largest absolute Gasteiger partial charge is 0.481 e. The Hall–Kier alpha value is -4.00. The molecule has 1 aromatic carbocycles. The van der Waals surface area contributed by atoms with Gasteiger partial charge in [0.05, 0.1) is 12.5 Å². The summed E-state index contributed by atoms with van der Waals surface area (Å²) in [6.07, 6.45) is -1.23. The zero-order chi connectivity index (χ0) is 28.1. The summed E-state index contributed by atoms with van der Waals surface area (Å²) in [4.78, 5) is 72.5. The quantitative estimate of drug-likeness (QED) is 0.139. The number of aliphatic carboxylic acids is 2. The molecule has 13 nitrogen and oxygen atoms in total. The summed E-state index contributed by atoms with van der Waals surface area (Å²) >= 11 is 0. The molecular formula is C24H35N5O8. The summed E-state index contributed by atoms with van der Waals surface area (Å²) < 4.78 is 0. The molecule has 4 unspecified atom stereocenters. The molecule has 4 atom stereocenters. The number of rotatable bonds is 16. The Morgan fingerprint density at radius 2 is 1.38 bits per heavy atom. The van der Waals surface area contributed by atoms with Gasteiger partial charge in [0.2, 0.25) is 23.6 Å². The highest BCUT2D eigenvalue weighted by atomic mass is 16.4.